The van der Waals surface area contributed by atoms with Crippen LogP contribution >= 0.6 is 0 Å². The van der Waals surface area contributed by atoms with Crippen molar-refractivity contribution in [3.8, 4) is 0 Å². The molecular formula is C17H34N2O. The summed E-state index contributed by atoms with van der Waals surface area (Å²) < 4.78 is 0. The van der Waals surface area contributed by atoms with Gasteiger partial charge in [-0.3, -0.25) is 4.90 Å². The molecule has 3 unspecified atom stereocenters. The van der Waals surface area contributed by atoms with E-state index in [1.54, 1.807) is 0 Å². The summed E-state index contributed by atoms with van der Waals surface area (Å²) >= 11 is 0. The van der Waals surface area contributed by atoms with E-state index in [-0.39, 0.29) is 0 Å². The van der Waals surface area contributed by atoms with Crippen molar-refractivity contribution in [1.82, 2.24) is 10.2 Å². The minimum Gasteiger partial charge on any atom is -0.395 e. The molecule has 3 heteroatoms. The van der Waals surface area contributed by atoms with E-state index in [1.165, 1.54) is 51.5 Å². The van der Waals surface area contributed by atoms with Crippen LogP contribution in [0.4, 0.5) is 0 Å². The summed E-state index contributed by atoms with van der Waals surface area (Å²) in [5.41, 5.74) is 0. The van der Waals surface area contributed by atoms with Crippen molar-refractivity contribution in [2.45, 2.75) is 70.9 Å². The van der Waals surface area contributed by atoms with E-state index in [0.717, 1.165) is 31.0 Å². The smallest absolute Gasteiger partial charge is 0.0558 e. The Kier molecular flexibility index (Phi) is 6.79. The van der Waals surface area contributed by atoms with Gasteiger partial charge in [0.25, 0.3) is 0 Å². The molecule has 118 valence electrons. The van der Waals surface area contributed by atoms with Crippen LogP contribution in [0.3, 0.4) is 0 Å². The van der Waals surface area contributed by atoms with Crippen molar-refractivity contribution >= 4 is 0 Å². The van der Waals surface area contributed by atoms with Crippen LogP contribution in [-0.4, -0.2) is 48.3 Å². The molecule has 0 aromatic heterocycles. The van der Waals surface area contributed by atoms with Gasteiger partial charge in [0.1, 0.15) is 0 Å². The molecule has 0 aromatic rings. The average Bonchev–Trinajstić information content (AvgIpc) is 3.30. The third kappa shape index (κ3) is 4.71. The number of aliphatic hydroxyl groups excluding tert-OH is 1. The molecule has 0 amide bonds. The van der Waals surface area contributed by atoms with E-state index >= 15 is 0 Å². The lowest BCUT2D eigenvalue weighted by atomic mass is 9.76. The number of rotatable bonds is 9. The van der Waals surface area contributed by atoms with Gasteiger partial charge in [0.05, 0.1) is 6.61 Å². The Morgan fingerprint density at radius 1 is 1.15 bits per heavy atom. The fourth-order valence-corrected chi connectivity index (χ4v) is 3.82. The average molecular weight is 282 g/mol. The van der Waals surface area contributed by atoms with E-state index in [0.29, 0.717) is 12.6 Å². The van der Waals surface area contributed by atoms with Crippen molar-refractivity contribution in [1.29, 1.82) is 0 Å². The van der Waals surface area contributed by atoms with Gasteiger partial charge in [-0.1, -0.05) is 20.3 Å². The number of nitrogens with zero attached hydrogens (tertiary/aromatic N) is 1. The number of hydrogen-bond donors (Lipinski definition) is 2. The highest BCUT2D eigenvalue weighted by molar-refractivity contribution is 4.91. The lowest BCUT2D eigenvalue weighted by Crippen LogP contribution is -2.47. The molecular weight excluding hydrogens is 248 g/mol. The second-order valence-corrected chi connectivity index (χ2v) is 6.86. The van der Waals surface area contributed by atoms with Crippen LogP contribution in [0, 0.1) is 11.8 Å². The van der Waals surface area contributed by atoms with Crippen LogP contribution in [0.5, 0.6) is 0 Å². The van der Waals surface area contributed by atoms with Gasteiger partial charge in [-0.05, 0) is 56.9 Å². The first-order chi connectivity index (χ1) is 9.78. The quantitative estimate of drug-likeness (QED) is 0.682. The SMILES string of the molecule is CCCNC1CCC(CC)CC1CN(CCO)C1CC1. The molecule has 0 radical (unpaired) electrons. The molecule has 0 saturated heterocycles. The molecule has 2 fully saturated rings. The molecule has 0 heterocycles. The highest BCUT2D eigenvalue weighted by atomic mass is 16.3. The molecule has 3 atom stereocenters. The van der Waals surface area contributed by atoms with Crippen LogP contribution in [0.1, 0.15) is 58.8 Å². The van der Waals surface area contributed by atoms with E-state index in [4.69, 9.17) is 0 Å². The van der Waals surface area contributed by atoms with Gasteiger partial charge < -0.3 is 10.4 Å². The Morgan fingerprint density at radius 3 is 2.55 bits per heavy atom. The van der Waals surface area contributed by atoms with E-state index in [2.05, 4.69) is 24.1 Å². The van der Waals surface area contributed by atoms with Gasteiger partial charge >= 0.3 is 0 Å². The van der Waals surface area contributed by atoms with Crippen LogP contribution in [-0.2, 0) is 0 Å². The van der Waals surface area contributed by atoms with Gasteiger partial charge in [-0.15, -0.1) is 0 Å². The second kappa shape index (κ2) is 8.35. The highest BCUT2D eigenvalue weighted by Gasteiger charge is 2.35. The molecule has 20 heavy (non-hydrogen) atoms. The molecule has 2 saturated carbocycles. The normalized spacial score (nSPS) is 30.9. The van der Waals surface area contributed by atoms with Crippen molar-refractivity contribution in [2.75, 3.05) is 26.2 Å². The predicted molar refractivity (Wildman–Crippen MR) is 84.9 cm³/mol. The van der Waals surface area contributed by atoms with Crippen molar-refractivity contribution in [2.24, 2.45) is 11.8 Å². The fourth-order valence-electron chi connectivity index (χ4n) is 3.82. The number of hydrogen-bond acceptors (Lipinski definition) is 3. The van der Waals surface area contributed by atoms with E-state index in [9.17, 15) is 5.11 Å². The molecule has 2 aliphatic rings. The van der Waals surface area contributed by atoms with Crippen molar-refractivity contribution in [3.05, 3.63) is 0 Å². The minimum absolute atomic E-state index is 0.313. The maximum atomic E-state index is 9.29. The Bertz CT molecular complexity index is 268. The Labute approximate surface area is 125 Å². The molecule has 3 nitrogen and oxygen atoms in total. The standard InChI is InChI=1S/C17H34N2O/c1-3-9-18-17-8-5-14(4-2)12-15(17)13-19(10-11-20)16-6-7-16/h14-18,20H,3-13H2,1-2H3. The summed E-state index contributed by atoms with van der Waals surface area (Å²) in [6.07, 6.45) is 9.38. The van der Waals surface area contributed by atoms with Crippen molar-refractivity contribution in [3.63, 3.8) is 0 Å². The minimum atomic E-state index is 0.313. The van der Waals surface area contributed by atoms with E-state index in [1.807, 2.05) is 0 Å². The summed E-state index contributed by atoms with van der Waals surface area (Å²) in [7, 11) is 0. The van der Waals surface area contributed by atoms with Crippen LogP contribution in [0.2, 0.25) is 0 Å². The molecule has 2 N–H and O–H groups in total. The van der Waals surface area contributed by atoms with Crippen LogP contribution in [0.25, 0.3) is 0 Å². The molecule has 2 aliphatic carbocycles. The largest absolute Gasteiger partial charge is 0.395 e. The lowest BCUT2D eigenvalue weighted by molar-refractivity contribution is 0.116. The first-order valence-electron chi connectivity index (χ1n) is 8.86. The second-order valence-electron chi connectivity index (χ2n) is 6.86. The summed E-state index contributed by atoms with van der Waals surface area (Å²) in [5.74, 6) is 1.71. The highest BCUT2D eigenvalue weighted by Crippen LogP contribution is 2.34. The topological polar surface area (TPSA) is 35.5 Å². The molecule has 2 rings (SSSR count). The summed E-state index contributed by atoms with van der Waals surface area (Å²) in [4.78, 5) is 2.56. The van der Waals surface area contributed by atoms with Gasteiger partial charge in [0, 0.05) is 25.2 Å². The van der Waals surface area contributed by atoms with Crippen LogP contribution < -0.4 is 5.32 Å². The Balaban J connectivity index is 1.90. The molecule has 0 aliphatic heterocycles. The summed E-state index contributed by atoms with van der Waals surface area (Å²) in [5, 5.41) is 13.1. The first kappa shape index (κ1) is 16.3. The molecule has 0 spiro atoms. The number of aliphatic hydroxyl groups is 1. The summed E-state index contributed by atoms with van der Waals surface area (Å²) in [6.45, 7) is 8.13. The molecule has 0 bridgehead atoms. The third-order valence-electron chi connectivity index (χ3n) is 5.24. The van der Waals surface area contributed by atoms with Gasteiger partial charge in [-0.2, -0.15) is 0 Å². The zero-order chi connectivity index (χ0) is 14.4. The van der Waals surface area contributed by atoms with Gasteiger partial charge in [0.15, 0.2) is 0 Å². The zero-order valence-corrected chi connectivity index (χ0v) is 13.5. The lowest BCUT2D eigenvalue weighted by Gasteiger charge is -2.39. The third-order valence-corrected chi connectivity index (χ3v) is 5.24. The fraction of sp³-hybridized carbons (Fsp3) is 1.00. The zero-order valence-electron chi connectivity index (χ0n) is 13.5. The number of nitrogens with one attached hydrogen (secondary N) is 1. The van der Waals surface area contributed by atoms with Crippen molar-refractivity contribution < 1.29 is 5.11 Å². The first-order valence-corrected chi connectivity index (χ1v) is 8.86. The summed E-state index contributed by atoms with van der Waals surface area (Å²) in [6, 6.07) is 1.48. The predicted octanol–water partition coefficient (Wildman–Crippen LogP) is 2.64. The Hall–Kier alpha value is -0.120. The molecule has 0 aromatic carbocycles. The van der Waals surface area contributed by atoms with Crippen LogP contribution in [0.15, 0.2) is 0 Å². The van der Waals surface area contributed by atoms with Gasteiger partial charge in [0.2, 0.25) is 0 Å². The van der Waals surface area contributed by atoms with E-state index < -0.39 is 0 Å². The monoisotopic (exact) mass is 282 g/mol. The maximum Gasteiger partial charge on any atom is 0.0558 e. The maximum absolute atomic E-state index is 9.29. The van der Waals surface area contributed by atoms with Gasteiger partial charge in [-0.25, -0.2) is 0 Å². The Morgan fingerprint density at radius 2 is 1.95 bits per heavy atom.